The smallest absolute Gasteiger partial charge is 0.306 e. The summed E-state index contributed by atoms with van der Waals surface area (Å²) in [5.41, 5.74) is 0.441. The Labute approximate surface area is 100 Å². The molecule has 4 heteroatoms. The van der Waals surface area contributed by atoms with Gasteiger partial charge in [0.15, 0.2) is 0 Å². The first-order valence-corrected chi connectivity index (χ1v) is 5.69. The summed E-state index contributed by atoms with van der Waals surface area (Å²) < 4.78 is 18.5. The normalized spacial score (nSPS) is 12.4. The van der Waals surface area contributed by atoms with E-state index in [0.29, 0.717) is 25.2 Å². The maximum absolute atomic E-state index is 13.4. The van der Waals surface area contributed by atoms with E-state index >= 15 is 0 Å². The lowest BCUT2D eigenvalue weighted by Crippen LogP contribution is -2.19. The number of hydrogen-bond donors (Lipinski definition) is 1. The number of carboxylic acid groups (broad SMARTS) is 1. The van der Waals surface area contributed by atoms with Crippen molar-refractivity contribution in [2.45, 2.75) is 19.8 Å². The Bertz CT molecular complexity index is 365. The van der Waals surface area contributed by atoms with Crippen LogP contribution in [-0.4, -0.2) is 24.3 Å². The lowest BCUT2D eigenvalue weighted by molar-refractivity contribution is -0.142. The Kier molecular flexibility index (Phi) is 5.63. The van der Waals surface area contributed by atoms with Crippen LogP contribution in [0.25, 0.3) is 0 Å². The summed E-state index contributed by atoms with van der Waals surface area (Å²) in [6, 6.07) is 6.26. The van der Waals surface area contributed by atoms with Crippen molar-refractivity contribution in [3.8, 4) is 0 Å². The van der Waals surface area contributed by atoms with E-state index < -0.39 is 11.9 Å². The Balaban J connectivity index is 2.61. The topological polar surface area (TPSA) is 46.5 Å². The molecule has 0 aromatic heterocycles. The second kappa shape index (κ2) is 7.01. The second-order valence-electron chi connectivity index (χ2n) is 3.82. The van der Waals surface area contributed by atoms with Gasteiger partial charge in [0.05, 0.1) is 5.92 Å². The highest BCUT2D eigenvalue weighted by Crippen LogP contribution is 2.15. The Hall–Kier alpha value is -1.42. The van der Waals surface area contributed by atoms with Crippen LogP contribution in [0.2, 0.25) is 0 Å². The minimum atomic E-state index is -0.909. The zero-order valence-electron chi connectivity index (χ0n) is 9.86. The SMILES string of the molecule is CCOCCC(Cc1ccccc1F)C(=O)O. The number of benzene rings is 1. The number of hydrogen-bond acceptors (Lipinski definition) is 2. The zero-order valence-corrected chi connectivity index (χ0v) is 9.86. The third kappa shape index (κ3) is 4.53. The minimum absolute atomic E-state index is 0.203. The molecule has 1 atom stereocenters. The molecule has 94 valence electrons. The first kappa shape index (κ1) is 13.6. The van der Waals surface area contributed by atoms with E-state index in [1.165, 1.54) is 6.07 Å². The average molecular weight is 240 g/mol. The molecule has 0 spiro atoms. The molecule has 0 bridgehead atoms. The highest BCUT2D eigenvalue weighted by atomic mass is 19.1. The molecular formula is C13H17FO3. The number of carboxylic acids is 1. The van der Waals surface area contributed by atoms with Crippen molar-refractivity contribution in [2.75, 3.05) is 13.2 Å². The highest BCUT2D eigenvalue weighted by Gasteiger charge is 2.19. The van der Waals surface area contributed by atoms with E-state index in [1.54, 1.807) is 18.2 Å². The van der Waals surface area contributed by atoms with Crippen molar-refractivity contribution < 1.29 is 19.0 Å². The van der Waals surface area contributed by atoms with Crippen molar-refractivity contribution in [2.24, 2.45) is 5.92 Å². The zero-order chi connectivity index (χ0) is 12.7. The van der Waals surface area contributed by atoms with Crippen LogP contribution in [0.5, 0.6) is 0 Å². The Morgan fingerprint density at radius 2 is 2.18 bits per heavy atom. The highest BCUT2D eigenvalue weighted by molar-refractivity contribution is 5.70. The number of halogens is 1. The molecule has 0 saturated heterocycles. The number of aliphatic carboxylic acids is 1. The van der Waals surface area contributed by atoms with E-state index in [4.69, 9.17) is 9.84 Å². The van der Waals surface area contributed by atoms with Gasteiger partial charge in [0.1, 0.15) is 5.82 Å². The summed E-state index contributed by atoms with van der Waals surface area (Å²) in [7, 11) is 0. The van der Waals surface area contributed by atoms with Crippen LogP contribution < -0.4 is 0 Å². The van der Waals surface area contributed by atoms with Crippen molar-refractivity contribution in [3.63, 3.8) is 0 Å². The van der Waals surface area contributed by atoms with Gasteiger partial charge in [-0.15, -0.1) is 0 Å². The lowest BCUT2D eigenvalue weighted by Gasteiger charge is -2.12. The second-order valence-corrected chi connectivity index (χ2v) is 3.82. The Morgan fingerprint density at radius 1 is 1.47 bits per heavy atom. The van der Waals surface area contributed by atoms with Gasteiger partial charge in [-0.2, -0.15) is 0 Å². The van der Waals surface area contributed by atoms with Gasteiger partial charge in [0, 0.05) is 13.2 Å². The number of ether oxygens (including phenoxy) is 1. The fourth-order valence-corrected chi connectivity index (χ4v) is 1.61. The lowest BCUT2D eigenvalue weighted by atomic mass is 9.96. The predicted octanol–water partition coefficient (Wildman–Crippen LogP) is 2.50. The van der Waals surface area contributed by atoms with Gasteiger partial charge in [-0.3, -0.25) is 4.79 Å². The van der Waals surface area contributed by atoms with Crippen molar-refractivity contribution in [1.29, 1.82) is 0 Å². The van der Waals surface area contributed by atoms with Gasteiger partial charge in [-0.25, -0.2) is 4.39 Å². The fraction of sp³-hybridized carbons (Fsp3) is 0.462. The molecule has 0 radical (unpaired) electrons. The summed E-state index contributed by atoms with van der Waals surface area (Å²) in [5.74, 6) is -1.86. The minimum Gasteiger partial charge on any atom is -0.481 e. The quantitative estimate of drug-likeness (QED) is 0.745. The van der Waals surface area contributed by atoms with E-state index in [-0.39, 0.29) is 12.2 Å². The maximum Gasteiger partial charge on any atom is 0.306 e. The molecule has 3 nitrogen and oxygen atoms in total. The van der Waals surface area contributed by atoms with Crippen LogP contribution in [0.3, 0.4) is 0 Å². The average Bonchev–Trinajstić information content (AvgIpc) is 2.30. The van der Waals surface area contributed by atoms with Crippen molar-refractivity contribution >= 4 is 5.97 Å². The van der Waals surface area contributed by atoms with Crippen molar-refractivity contribution in [3.05, 3.63) is 35.6 Å². The molecule has 0 aliphatic heterocycles. The van der Waals surface area contributed by atoms with Crippen LogP contribution in [-0.2, 0) is 16.0 Å². The van der Waals surface area contributed by atoms with Crippen LogP contribution in [0.4, 0.5) is 4.39 Å². The molecule has 0 fully saturated rings. The van der Waals surface area contributed by atoms with Crippen LogP contribution >= 0.6 is 0 Å². The molecule has 17 heavy (non-hydrogen) atoms. The summed E-state index contributed by atoms with van der Waals surface area (Å²) in [5, 5.41) is 9.05. The molecule has 1 unspecified atom stereocenters. The molecule has 1 N–H and O–H groups in total. The molecular weight excluding hydrogens is 223 g/mol. The standard InChI is InChI=1S/C13H17FO3/c1-2-17-8-7-11(13(15)16)9-10-5-3-4-6-12(10)14/h3-6,11H,2,7-9H2,1H3,(H,15,16). The van der Waals surface area contributed by atoms with Crippen LogP contribution in [0, 0.1) is 11.7 Å². The van der Waals surface area contributed by atoms with Gasteiger partial charge >= 0.3 is 5.97 Å². The molecule has 0 aliphatic rings. The van der Waals surface area contributed by atoms with Gasteiger partial charge < -0.3 is 9.84 Å². The van der Waals surface area contributed by atoms with E-state index in [1.807, 2.05) is 6.92 Å². The molecule has 0 amide bonds. The van der Waals surface area contributed by atoms with Gasteiger partial charge in [-0.05, 0) is 31.4 Å². The third-order valence-corrected chi connectivity index (χ3v) is 2.59. The largest absolute Gasteiger partial charge is 0.481 e. The summed E-state index contributed by atoms with van der Waals surface area (Å²) in [6.07, 6.45) is 0.604. The van der Waals surface area contributed by atoms with E-state index in [9.17, 15) is 9.18 Å². The summed E-state index contributed by atoms with van der Waals surface area (Å²) in [6.45, 7) is 2.81. The Morgan fingerprint density at radius 3 is 2.76 bits per heavy atom. The molecule has 0 heterocycles. The first-order chi connectivity index (χ1) is 8.15. The third-order valence-electron chi connectivity index (χ3n) is 2.59. The predicted molar refractivity (Wildman–Crippen MR) is 62.3 cm³/mol. The van der Waals surface area contributed by atoms with E-state index in [2.05, 4.69) is 0 Å². The van der Waals surface area contributed by atoms with Crippen LogP contribution in [0.15, 0.2) is 24.3 Å². The molecule has 0 aliphatic carbocycles. The van der Waals surface area contributed by atoms with E-state index in [0.717, 1.165) is 0 Å². The number of carbonyl (C=O) groups is 1. The monoisotopic (exact) mass is 240 g/mol. The molecule has 1 aromatic rings. The van der Waals surface area contributed by atoms with Gasteiger partial charge in [0.25, 0.3) is 0 Å². The summed E-state index contributed by atoms with van der Waals surface area (Å²) >= 11 is 0. The van der Waals surface area contributed by atoms with Crippen molar-refractivity contribution in [1.82, 2.24) is 0 Å². The fourth-order valence-electron chi connectivity index (χ4n) is 1.61. The molecule has 1 aromatic carbocycles. The molecule has 0 saturated carbocycles. The van der Waals surface area contributed by atoms with Crippen LogP contribution in [0.1, 0.15) is 18.9 Å². The van der Waals surface area contributed by atoms with Gasteiger partial charge in [-0.1, -0.05) is 18.2 Å². The molecule has 1 rings (SSSR count). The maximum atomic E-state index is 13.4. The van der Waals surface area contributed by atoms with Gasteiger partial charge in [0.2, 0.25) is 0 Å². The first-order valence-electron chi connectivity index (χ1n) is 5.69. The number of rotatable bonds is 7. The summed E-state index contributed by atoms with van der Waals surface area (Å²) in [4.78, 5) is 11.0.